The highest BCUT2D eigenvalue weighted by atomic mass is 16.5. The summed E-state index contributed by atoms with van der Waals surface area (Å²) in [5.74, 6) is 1.74. The molecule has 0 saturated heterocycles. The van der Waals surface area contributed by atoms with Crippen molar-refractivity contribution in [3.63, 3.8) is 0 Å². The van der Waals surface area contributed by atoms with Gasteiger partial charge in [-0.1, -0.05) is 18.2 Å². The van der Waals surface area contributed by atoms with Crippen molar-refractivity contribution in [2.24, 2.45) is 0 Å². The molecule has 0 bridgehead atoms. The van der Waals surface area contributed by atoms with Gasteiger partial charge in [-0.15, -0.1) is 0 Å². The molecule has 2 N–H and O–H groups in total. The number of phenols is 2. The van der Waals surface area contributed by atoms with Gasteiger partial charge in [-0.25, -0.2) is 0 Å². The molecule has 92 valence electrons. The van der Waals surface area contributed by atoms with Gasteiger partial charge in [0.2, 0.25) is 0 Å². The first-order valence-electron chi connectivity index (χ1n) is 6.00. The van der Waals surface area contributed by atoms with Crippen LogP contribution in [0.5, 0.6) is 23.0 Å². The van der Waals surface area contributed by atoms with Crippen molar-refractivity contribution >= 4 is 10.8 Å². The Balaban J connectivity index is 2.17. The Morgan fingerprint density at radius 2 is 1.68 bits per heavy atom. The highest BCUT2D eigenvalue weighted by molar-refractivity contribution is 6.06. The summed E-state index contributed by atoms with van der Waals surface area (Å²) >= 11 is 0. The number of benzene rings is 3. The van der Waals surface area contributed by atoms with Crippen LogP contribution in [-0.2, 0) is 0 Å². The fraction of sp³-hybridized carbons (Fsp3) is 0. The summed E-state index contributed by atoms with van der Waals surface area (Å²) in [6, 6.07) is 14.2. The third-order valence-corrected chi connectivity index (χ3v) is 3.45. The third-order valence-electron chi connectivity index (χ3n) is 3.45. The van der Waals surface area contributed by atoms with Crippen LogP contribution in [0.15, 0.2) is 48.5 Å². The Morgan fingerprint density at radius 3 is 2.58 bits per heavy atom. The quantitative estimate of drug-likeness (QED) is 0.495. The molecule has 0 atom stereocenters. The van der Waals surface area contributed by atoms with Gasteiger partial charge in [0.25, 0.3) is 0 Å². The maximum absolute atomic E-state index is 9.94. The first kappa shape index (κ1) is 10.3. The minimum Gasteiger partial charge on any atom is -0.508 e. The molecule has 0 amide bonds. The molecule has 3 aromatic rings. The van der Waals surface area contributed by atoms with Gasteiger partial charge in [0.15, 0.2) is 0 Å². The summed E-state index contributed by atoms with van der Waals surface area (Å²) < 4.78 is 5.81. The van der Waals surface area contributed by atoms with Crippen molar-refractivity contribution in [3.8, 4) is 34.1 Å². The standard InChI is InChI=1S/C16H10O3/c17-9-4-5-10-11-2-1-3-12-13(18)6-7-14(16(11)12)19-15(10)8-9/h1-8,17-18H. The number of rotatable bonds is 0. The van der Waals surface area contributed by atoms with Crippen LogP contribution in [0.2, 0.25) is 0 Å². The predicted octanol–water partition coefficient (Wildman–Crippen LogP) is 4.02. The molecule has 3 heteroatoms. The fourth-order valence-corrected chi connectivity index (χ4v) is 2.60. The average Bonchev–Trinajstić information content (AvgIpc) is 2.42. The van der Waals surface area contributed by atoms with E-state index in [9.17, 15) is 10.2 Å². The first-order chi connectivity index (χ1) is 9.24. The summed E-state index contributed by atoms with van der Waals surface area (Å²) in [6.07, 6.45) is 0. The van der Waals surface area contributed by atoms with E-state index in [1.165, 1.54) is 0 Å². The Morgan fingerprint density at radius 1 is 0.789 bits per heavy atom. The van der Waals surface area contributed by atoms with E-state index in [0.29, 0.717) is 11.5 Å². The molecule has 0 unspecified atom stereocenters. The lowest BCUT2D eigenvalue weighted by atomic mass is 9.94. The summed E-state index contributed by atoms with van der Waals surface area (Å²) in [5, 5.41) is 21.2. The first-order valence-corrected chi connectivity index (χ1v) is 6.00. The number of aromatic hydroxyl groups is 2. The molecule has 3 nitrogen and oxygen atoms in total. The number of hydrogen-bond acceptors (Lipinski definition) is 3. The molecule has 0 saturated carbocycles. The number of phenolic OH excluding ortho intramolecular Hbond substituents is 2. The molecule has 19 heavy (non-hydrogen) atoms. The maximum atomic E-state index is 9.94. The minimum atomic E-state index is 0.174. The second-order valence-corrected chi connectivity index (χ2v) is 4.59. The lowest BCUT2D eigenvalue weighted by molar-refractivity contribution is 0.454. The van der Waals surface area contributed by atoms with Crippen molar-refractivity contribution in [2.75, 3.05) is 0 Å². The highest BCUT2D eigenvalue weighted by Gasteiger charge is 2.21. The van der Waals surface area contributed by atoms with Crippen molar-refractivity contribution in [3.05, 3.63) is 48.5 Å². The molecule has 0 radical (unpaired) electrons. The van der Waals surface area contributed by atoms with E-state index in [2.05, 4.69) is 0 Å². The smallest absolute Gasteiger partial charge is 0.138 e. The molecular formula is C16H10O3. The topological polar surface area (TPSA) is 49.7 Å². The summed E-state index contributed by atoms with van der Waals surface area (Å²) in [7, 11) is 0. The zero-order valence-electron chi connectivity index (χ0n) is 9.92. The van der Waals surface area contributed by atoms with Gasteiger partial charge in [-0.2, -0.15) is 0 Å². The molecule has 0 fully saturated rings. The fourth-order valence-electron chi connectivity index (χ4n) is 2.60. The SMILES string of the molecule is Oc1ccc2c(c1)Oc1ccc(O)c3cccc-2c13. The van der Waals surface area contributed by atoms with E-state index in [0.717, 1.165) is 21.9 Å². The summed E-state index contributed by atoms with van der Waals surface area (Å²) in [4.78, 5) is 0. The van der Waals surface area contributed by atoms with Crippen LogP contribution in [0.3, 0.4) is 0 Å². The molecule has 1 aliphatic rings. The predicted molar refractivity (Wildman–Crippen MR) is 72.8 cm³/mol. The van der Waals surface area contributed by atoms with Gasteiger partial charge in [-0.05, 0) is 29.8 Å². The Hall–Kier alpha value is -2.68. The van der Waals surface area contributed by atoms with E-state index in [4.69, 9.17) is 4.74 Å². The normalized spacial score (nSPS) is 12.0. The highest BCUT2D eigenvalue weighted by Crippen LogP contribution is 2.48. The second-order valence-electron chi connectivity index (χ2n) is 4.59. The Labute approximate surface area is 109 Å². The van der Waals surface area contributed by atoms with Crippen LogP contribution < -0.4 is 4.74 Å². The largest absolute Gasteiger partial charge is 0.508 e. The second kappa shape index (κ2) is 3.42. The molecule has 3 aromatic carbocycles. The van der Waals surface area contributed by atoms with Crippen LogP contribution in [0.1, 0.15) is 0 Å². The van der Waals surface area contributed by atoms with Crippen LogP contribution in [-0.4, -0.2) is 10.2 Å². The molecular weight excluding hydrogens is 240 g/mol. The minimum absolute atomic E-state index is 0.174. The van der Waals surface area contributed by atoms with Crippen molar-refractivity contribution in [2.45, 2.75) is 0 Å². The van der Waals surface area contributed by atoms with Gasteiger partial charge < -0.3 is 14.9 Å². The zero-order valence-corrected chi connectivity index (χ0v) is 9.92. The number of hydrogen-bond donors (Lipinski definition) is 2. The number of ether oxygens (including phenoxy) is 1. The van der Waals surface area contributed by atoms with Crippen molar-refractivity contribution in [1.29, 1.82) is 0 Å². The van der Waals surface area contributed by atoms with Crippen molar-refractivity contribution in [1.82, 2.24) is 0 Å². The van der Waals surface area contributed by atoms with Crippen LogP contribution in [0.25, 0.3) is 21.9 Å². The van der Waals surface area contributed by atoms with E-state index >= 15 is 0 Å². The van der Waals surface area contributed by atoms with E-state index in [1.54, 1.807) is 24.3 Å². The van der Waals surface area contributed by atoms with E-state index < -0.39 is 0 Å². The third kappa shape index (κ3) is 1.32. The lowest BCUT2D eigenvalue weighted by Crippen LogP contribution is -1.96. The monoisotopic (exact) mass is 250 g/mol. The van der Waals surface area contributed by atoms with Gasteiger partial charge in [0.05, 0.1) is 0 Å². The van der Waals surface area contributed by atoms with Crippen molar-refractivity contribution < 1.29 is 14.9 Å². The Kier molecular flexibility index (Phi) is 1.85. The van der Waals surface area contributed by atoms with Crippen LogP contribution in [0, 0.1) is 0 Å². The summed E-state index contributed by atoms with van der Waals surface area (Å²) in [5.41, 5.74) is 1.92. The van der Waals surface area contributed by atoms with Gasteiger partial charge >= 0.3 is 0 Å². The summed E-state index contributed by atoms with van der Waals surface area (Å²) in [6.45, 7) is 0. The maximum Gasteiger partial charge on any atom is 0.138 e. The van der Waals surface area contributed by atoms with Crippen LogP contribution in [0.4, 0.5) is 0 Å². The number of fused-ring (bicyclic) bond motifs is 2. The molecule has 1 aliphatic heterocycles. The average molecular weight is 250 g/mol. The zero-order chi connectivity index (χ0) is 13.0. The van der Waals surface area contributed by atoms with Gasteiger partial charge in [0, 0.05) is 22.4 Å². The Bertz CT molecular complexity index is 822. The lowest BCUT2D eigenvalue weighted by Gasteiger charge is -2.21. The molecule has 0 aliphatic carbocycles. The van der Waals surface area contributed by atoms with Gasteiger partial charge in [0.1, 0.15) is 23.0 Å². The molecule has 0 spiro atoms. The molecule has 4 rings (SSSR count). The van der Waals surface area contributed by atoms with Gasteiger partial charge in [-0.3, -0.25) is 0 Å². The van der Waals surface area contributed by atoms with Crippen LogP contribution >= 0.6 is 0 Å². The van der Waals surface area contributed by atoms with E-state index in [1.807, 2.05) is 24.3 Å². The molecule has 1 heterocycles. The van der Waals surface area contributed by atoms with E-state index in [-0.39, 0.29) is 11.5 Å². The molecule has 0 aromatic heterocycles.